The zero-order valence-electron chi connectivity index (χ0n) is 81.7. The van der Waals surface area contributed by atoms with Crippen LogP contribution in [0.4, 0.5) is 0 Å². The molecule has 1 saturated heterocycles. The van der Waals surface area contributed by atoms with E-state index in [4.69, 9.17) is 171 Å². The van der Waals surface area contributed by atoms with E-state index in [0.29, 0.717) is 435 Å². The van der Waals surface area contributed by atoms with Gasteiger partial charge in [-0.25, -0.2) is 0 Å². The Kier molecular flexibility index (Phi) is 86.1. The zero-order valence-corrected chi connectivity index (χ0v) is 81.7. The van der Waals surface area contributed by atoms with Gasteiger partial charge in [0.1, 0.15) is 43.5 Å². The maximum absolute atomic E-state index is 13.4. The molecule has 788 valence electrons. The molecule has 0 bridgehead atoms. The third-order valence-corrected chi connectivity index (χ3v) is 19.6. The summed E-state index contributed by atoms with van der Waals surface area (Å²) in [5.41, 5.74) is 1.96. The van der Waals surface area contributed by atoms with Gasteiger partial charge < -0.3 is 181 Å². The van der Waals surface area contributed by atoms with Crippen molar-refractivity contribution in [2.75, 3.05) is 450 Å². The van der Waals surface area contributed by atoms with Gasteiger partial charge in [-0.2, -0.15) is 0 Å². The maximum Gasteiger partial charge on any atom is 0.309 e. The Morgan fingerprint density at radius 3 is 0.733 bits per heavy atom. The predicted octanol–water partition coefficient (Wildman–Crippen LogP) is 4.55. The summed E-state index contributed by atoms with van der Waals surface area (Å²) in [5.74, 6) is -0.421. The summed E-state index contributed by atoms with van der Waals surface area (Å²) in [6, 6.07) is 15.6. The van der Waals surface area contributed by atoms with Crippen molar-refractivity contribution in [1.82, 2.24) is 5.32 Å². The Balaban J connectivity index is 0.715. The number of hydrogen-bond acceptors (Lipinski definition) is 39. The fraction of sp³-hybridized carbons (Fsp3) is 0.853. The number of epoxide rings is 1. The van der Waals surface area contributed by atoms with Crippen LogP contribution in [0, 0.1) is 11.8 Å². The molecule has 4 rings (SSSR count). The smallest absolute Gasteiger partial charge is 0.309 e. The number of benzene rings is 2. The number of aliphatic hydroxyl groups excluding tert-OH is 1. The molecule has 0 spiro atoms. The van der Waals surface area contributed by atoms with E-state index in [1.807, 2.05) is 43.3 Å². The molecule has 2 fully saturated rings. The number of amides is 1. The van der Waals surface area contributed by atoms with Crippen molar-refractivity contribution in [3.8, 4) is 11.5 Å². The Hall–Kier alpha value is -4.38. The zero-order chi connectivity index (χ0) is 95.9. The van der Waals surface area contributed by atoms with Gasteiger partial charge in [-0.3, -0.25) is 9.59 Å². The molecule has 40 heteroatoms. The average Bonchev–Trinajstić information content (AvgIpc) is 1.39. The summed E-state index contributed by atoms with van der Waals surface area (Å²) in [6.45, 7) is 36.8. The van der Waals surface area contributed by atoms with E-state index in [9.17, 15) is 14.7 Å². The van der Waals surface area contributed by atoms with E-state index in [1.165, 1.54) is 0 Å². The van der Waals surface area contributed by atoms with E-state index in [2.05, 4.69) is 31.3 Å². The lowest BCUT2D eigenvalue weighted by molar-refractivity contribution is -0.158. The van der Waals surface area contributed by atoms with E-state index in [-0.39, 0.29) is 43.3 Å². The van der Waals surface area contributed by atoms with Crippen molar-refractivity contribution in [2.24, 2.45) is 11.8 Å². The predicted molar refractivity (Wildman–Crippen MR) is 493 cm³/mol. The summed E-state index contributed by atoms with van der Waals surface area (Å²) in [7, 11) is 1.64. The lowest BCUT2D eigenvalue weighted by atomic mass is 9.78. The van der Waals surface area contributed by atoms with Gasteiger partial charge >= 0.3 is 5.97 Å². The van der Waals surface area contributed by atoms with Crippen LogP contribution in [0.3, 0.4) is 0 Å². The summed E-state index contributed by atoms with van der Waals surface area (Å²) < 4.78 is 199. The molecule has 2 aromatic rings. The number of rotatable bonds is 108. The van der Waals surface area contributed by atoms with Crippen LogP contribution in [0.15, 0.2) is 48.5 Å². The molecule has 2 aromatic carbocycles. The van der Waals surface area contributed by atoms with Gasteiger partial charge in [-0.1, -0.05) is 51.0 Å². The molecule has 1 heterocycles. The highest BCUT2D eigenvalue weighted by Crippen LogP contribution is 2.34. The number of methoxy groups -OCH3 is 1. The molecule has 2 aliphatic rings. The number of carbonyl (C=O) groups excluding carboxylic acids is 2. The Labute approximate surface area is 802 Å². The largest absolute Gasteiger partial charge is 0.491 e. The molecule has 5 atom stereocenters. The van der Waals surface area contributed by atoms with Crippen molar-refractivity contribution in [2.45, 2.75) is 70.1 Å². The molecular weight excluding hydrogens is 1780 g/mol. The summed E-state index contributed by atoms with van der Waals surface area (Å²) >= 11 is 0. The van der Waals surface area contributed by atoms with E-state index < -0.39 is 23.9 Å². The van der Waals surface area contributed by atoms with Crippen LogP contribution in [-0.2, 0) is 176 Å². The first-order chi connectivity index (χ1) is 66.7. The van der Waals surface area contributed by atoms with Gasteiger partial charge in [0.2, 0.25) is 5.91 Å². The number of esters is 1. The fourth-order valence-electron chi connectivity index (χ4n) is 12.1. The van der Waals surface area contributed by atoms with Crippen molar-refractivity contribution >= 4 is 11.9 Å². The fourth-order valence-corrected chi connectivity index (χ4v) is 12.1. The first-order valence-electron chi connectivity index (χ1n) is 48.3. The van der Waals surface area contributed by atoms with Gasteiger partial charge in [-0.15, -0.1) is 0 Å². The van der Waals surface area contributed by atoms with Crippen molar-refractivity contribution in [3.63, 3.8) is 0 Å². The minimum Gasteiger partial charge on any atom is -0.491 e. The molecular formula is C95H169NO39. The van der Waals surface area contributed by atoms with E-state index in [1.54, 1.807) is 7.11 Å². The van der Waals surface area contributed by atoms with Crippen LogP contribution < -0.4 is 14.8 Å². The second kappa shape index (κ2) is 94.5. The molecule has 0 radical (unpaired) electrons. The van der Waals surface area contributed by atoms with Crippen LogP contribution in [0.5, 0.6) is 11.5 Å². The number of ether oxygens (including phenoxy) is 36. The number of aliphatic hydroxyl groups is 1. The normalized spacial score (nSPS) is 15.0. The summed E-state index contributed by atoms with van der Waals surface area (Å²) in [6.07, 6.45) is 1.92. The number of hydrogen-bond donors (Lipinski definition) is 2. The van der Waals surface area contributed by atoms with Crippen molar-refractivity contribution in [1.29, 1.82) is 0 Å². The second-order valence-corrected chi connectivity index (χ2v) is 30.9. The van der Waals surface area contributed by atoms with Crippen LogP contribution in [-0.4, -0.2) is 485 Å². The van der Waals surface area contributed by atoms with Gasteiger partial charge in [0.15, 0.2) is 0 Å². The SMILES string of the molecule is COCCOCCOCCOCCOCCOCCOCCOCCOCCOCCOCCOCCOCCOCCOCCOCCOCCOCCOCCOCCOCCOCCOCCOCCOCCOCCOCCOCCOCCOCCOCCOCC(C)NC(=O)C1CCCCC1C(=O)OCC(O)COc1ccc(C(C)(C)c2ccc(OCC3CO3)cc2)cc1. The first kappa shape index (κ1) is 123. The third-order valence-electron chi connectivity index (χ3n) is 19.6. The molecule has 1 aliphatic carbocycles. The van der Waals surface area contributed by atoms with Gasteiger partial charge in [0, 0.05) is 18.6 Å². The van der Waals surface area contributed by atoms with Crippen LogP contribution in [0.25, 0.3) is 0 Å². The number of carbonyl (C=O) groups is 2. The minimum atomic E-state index is -1.05. The summed E-state index contributed by atoms with van der Waals surface area (Å²) in [4.78, 5) is 26.6. The molecule has 40 nitrogen and oxygen atoms in total. The molecule has 1 amide bonds. The molecule has 1 saturated carbocycles. The van der Waals surface area contributed by atoms with E-state index in [0.717, 1.165) is 36.3 Å². The maximum atomic E-state index is 13.4. The van der Waals surface area contributed by atoms with Crippen LogP contribution >= 0.6 is 0 Å². The highest BCUT2D eigenvalue weighted by molar-refractivity contribution is 5.85. The molecule has 1 aliphatic heterocycles. The second-order valence-electron chi connectivity index (χ2n) is 30.9. The topological polar surface area (TPSA) is 402 Å². The van der Waals surface area contributed by atoms with Crippen LogP contribution in [0.2, 0.25) is 0 Å². The highest BCUT2D eigenvalue weighted by atomic mass is 16.6. The lowest BCUT2D eigenvalue weighted by Gasteiger charge is -2.30. The van der Waals surface area contributed by atoms with E-state index >= 15 is 0 Å². The first-order valence-corrected chi connectivity index (χ1v) is 48.3. The van der Waals surface area contributed by atoms with Crippen molar-refractivity contribution in [3.05, 3.63) is 59.7 Å². The van der Waals surface area contributed by atoms with Gasteiger partial charge in [0.05, 0.1) is 435 Å². The highest BCUT2D eigenvalue weighted by Gasteiger charge is 2.38. The Bertz CT molecular complexity index is 2820. The van der Waals surface area contributed by atoms with Crippen LogP contribution in [0.1, 0.15) is 57.6 Å². The van der Waals surface area contributed by atoms with Gasteiger partial charge in [-0.05, 0) is 55.2 Å². The lowest BCUT2D eigenvalue weighted by Crippen LogP contribution is -2.45. The number of nitrogens with one attached hydrogen (secondary N) is 1. The van der Waals surface area contributed by atoms with Crippen molar-refractivity contribution < 1.29 is 185 Å². The molecule has 0 aromatic heterocycles. The van der Waals surface area contributed by atoms with Gasteiger partial charge in [0.25, 0.3) is 0 Å². The standard InChI is InChI=1S/C95H169NO39/c1-84(96-93(98)91-7-5-6-8-92(91)94(99)135-81-87(97)80-132-88-13-9-85(10-14-88)95(2,3)86-11-15-89(16-12-86)133-82-90-83-134-90)79-131-78-77-130-76-75-129-74-73-128-72-71-127-70-69-126-68-67-125-66-65-124-64-63-123-62-61-122-60-59-121-58-57-120-56-55-119-54-53-118-52-51-117-50-49-116-48-47-115-46-45-114-44-43-113-42-41-112-40-39-111-38-37-110-36-35-109-34-33-108-32-31-107-30-29-106-28-27-105-26-25-104-24-23-103-22-21-102-20-19-101-18-17-100-4/h9-16,84,87,90-92,97H,5-8,17-83H2,1-4H3,(H,96,98). The monoisotopic (exact) mass is 1950 g/mol. The molecule has 135 heavy (non-hydrogen) atoms. The molecule has 2 N–H and O–H groups in total. The average molecular weight is 1950 g/mol. The molecule has 5 unspecified atom stereocenters. The minimum absolute atomic E-state index is 0.0613. The Morgan fingerprint density at radius 1 is 0.304 bits per heavy atom. The quantitative estimate of drug-likeness (QED) is 0.0521. The third kappa shape index (κ3) is 77.9. The Morgan fingerprint density at radius 2 is 0.511 bits per heavy atom. The summed E-state index contributed by atoms with van der Waals surface area (Å²) in [5, 5.41) is 13.7.